The van der Waals surface area contributed by atoms with Crippen molar-refractivity contribution in [3.8, 4) is 17.2 Å². The van der Waals surface area contributed by atoms with Gasteiger partial charge in [-0.25, -0.2) is 4.79 Å². The molecule has 0 aliphatic heterocycles. The van der Waals surface area contributed by atoms with Crippen LogP contribution in [0.5, 0.6) is 17.2 Å². The summed E-state index contributed by atoms with van der Waals surface area (Å²) in [6.45, 7) is 1.34. The number of halogens is 1. The molecule has 2 aromatic carbocycles. The molecule has 0 spiro atoms. The summed E-state index contributed by atoms with van der Waals surface area (Å²) in [7, 11) is 4.46. The fraction of sp³-hybridized carbons (Fsp3) is 0.263. The van der Waals surface area contributed by atoms with Gasteiger partial charge in [0, 0.05) is 29.1 Å². The number of rotatable bonds is 7. The summed E-state index contributed by atoms with van der Waals surface area (Å²) in [4.78, 5) is 24.1. The van der Waals surface area contributed by atoms with Crippen LogP contribution in [0.4, 0.5) is 5.69 Å². The lowest BCUT2D eigenvalue weighted by Crippen LogP contribution is -2.14. The van der Waals surface area contributed by atoms with Crippen molar-refractivity contribution < 1.29 is 28.5 Å². The molecule has 144 valence electrons. The van der Waals surface area contributed by atoms with Crippen molar-refractivity contribution in [2.75, 3.05) is 26.6 Å². The number of benzene rings is 2. The van der Waals surface area contributed by atoms with E-state index in [1.807, 2.05) is 6.07 Å². The minimum absolute atomic E-state index is 0.00466. The summed E-state index contributed by atoms with van der Waals surface area (Å²) >= 11 is 3.38. The average molecular weight is 438 g/mol. The van der Waals surface area contributed by atoms with Gasteiger partial charge in [-0.05, 0) is 18.2 Å². The van der Waals surface area contributed by atoms with E-state index in [4.69, 9.17) is 18.9 Å². The third-order valence-corrected chi connectivity index (χ3v) is 4.15. The quantitative estimate of drug-likeness (QED) is 0.663. The van der Waals surface area contributed by atoms with Crippen LogP contribution in [-0.4, -0.2) is 33.2 Å². The zero-order chi connectivity index (χ0) is 20.0. The molecule has 0 bridgehead atoms. The van der Waals surface area contributed by atoms with E-state index in [1.54, 1.807) is 12.1 Å². The second kappa shape index (κ2) is 9.27. The van der Waals surface area contributed by atoms with Gasteiger partial charge in [-0.3, -0.25) is 4.79 Å². The molecule has 2 aromatic rings. The average Bonchev–Trinajstić information content (AvgIpc) is 2.65. The second-order valence-corrected chi connectivity index (χ2v) is 6.38. The fourth-order valence-corrected chi connectivity index (χ4v) is 2.83. The molecule has 27 heavy (non-hydrogen) atoms. The second-order valence-electron chi connectivity index (χ2n) is 5.47. The highest BCUT2D eigenvalue weighted by atomic mass is 79.9. The molecule has 0 unspecified atom stereocenters. The normalized spacial score (nSPS) is 10.1. The standard InChI is InChI=1S/C19H20BrNO6/c1-11(22)21-15-9-18(26-4)17(25-3)8-14(15)19(23)27-10-12-7-13(20)5-6-16(12)24-2/h5-9H,10H2,1-4H3,(H,21,22). The van der Waals surface area contributed by atoms with Crippen molar-refractivity contribution in [3.05, 3.63) is 45.9 Å². The minimum Gasteiger partial charge on any atom is -0.496 e. The lowest BCUT2D eigenvalue weighted by atomic mass is 10.1. The molecule has 7 nitrogen and oxygen atoms in total. The summed E-state index contributed by atoms with van der Waals surface area (Å²) in [6.07, 6.45) is 0. The van der Waals surface area contributed by atoms with Crippen LogP contribution in [0, 0.1) is 0 Å². The van der Waals surface area contributed by atoms with E-state index in [-0.39, 0.29) is 23.8 Å². The maximum atomic E-state index is 12.7. The Balaban J connectivity index is 2.31. The van der Waals surface area contributed by atoms with E-state index in [0.29, 0.717) is 22.8 Å². The van der Waals surface area contributed by atoms with Gasteiger partial charge in [0.05, 0.1) is 32.6 Å². The zero-order valence-corrected chi connectivity index (χ0v) is 17.0. The first kappa shape index (κ1) is 20.6. The fourth-order valence-electron chi connectivity index (χ4n) is 2.42. The SMILES string of the molecule is COc1ccc(Br)cc1COC(=O)c1cc(OC)c(OC)cc1NC(C)=O. The Kier molecular flexibility index (Phi) is 7.06. The monoisotopic (exact) mass is 437 g/mol. The topological polar surface area (TPSA) is 83.1 Å². The lowest BCUT2D eigenvalue weighted by molar-refractivity contribution is -0.114. The van der Waals surface area contributed by atoms with Crippen molar-refractivity contribution in [3.63, 3.8) is 0 Å². The van der Waals surface area contributed by atoms with Crippen molar-refractivity contribution in [2.45, 2.75) is 13.5 Å². The Hall–Kier alpha value is -2.74. The number of esters is 1. The number of amides is 1. The largest absolute Gasteiger partial charge is 0.496 e. The van der Waals surface area contributed by atoms with Gasteiger partial charge in [-0.2, -0.15) is 0 Å². The summed E-state index contributed by atoms with van der Waals surface area (Å²) < 4.78 is 22.0. The van der Waals surface area contributed by atoms with E-state index >= 15 is 0 Å². The molecule has 0 saturated heterocycles. The van der Waals surface area contributed by atoms with Gasteiger partial charge in [0.1, 0.15) is 12.4 Å². The number of hydrogen-bond acceptors (Lipinski definition) is 6. The molecular formula is C19H20BrNO6. The molecule has 0 aliphatic carbocycles. The Morgan fingerprint density at radius 2 is 1.59 bits per heavy atom. The molecule has 0 radical (unpaired) electrons. The van der Waals surface area contributed by atoms with E-state index in [9.17, 15) is 9.59 Å². The summed E-state index contributed by atoms with van der Waals surface area (Å²) in [5, 5.41) is 2.60. The molecule has 1 N–H and O–H groups in total. The van der Waals surface area contributed by atoms with Crippen LogP contribution in [0.15, 0.2) is 34.8 Å². The van der Waals surface area contributed by atoms with Crippen molar-refractivity contribution in [1.82, 2.24) is 0 Å². The van der Waals surface area contributed by atoms with Crippen molar-refractivity contribution in [2.24, 2.45) is 0 Å². The van der Waals surface area contributed by atoms with Gasteiger partial charge in [0.2, 0.25) is 5.91 Å². The number of nitrogens with one attached hydrogen (secondary N) is 1. The van der Waals surface area contributed by atoms with Crippen LogP contribution in [0.3, 0.4) is 0 Å². The third-order valence-electron chi connectivity index (χ3n) is 3.66. The molecule has 0 atom stereocenters. The third kappa shape index (κ3) is 5.13. The molecule has 0 heterocycles. The number of anilines is 1. The van der Waals surface area contributed by atoms with Gasteiger partial charge in [0.15, 0.2) is 11.5 Å². The Bertz CT molecular complexity index is 852. The predicted molar refractivity (Wildman–Crippen MR) is 104 cm³/mol. The van der Waals surface area contributed by atoms with Crippen LogP contribution in [0.2, 0.25) is 0 Å². The number of carbonyl (C=O) groups is 2. The van der Waals surface area contributed by atoms with E-state index in [0.717, 1.165) is 4.47 Å². The number of ether oxygens (including phenoxy) is 4. The molecule has 2 rings (SSSR count). The highest BCUT2D eigenvalue weighted by Gasteiger charge is 2.19. The molecule has 0 aliphatic rings. The highest BCUT2D eigenvalue weighted by molar-refractivity contribution is 9.10. The predicted octanol–water partition coefficient (Wildman–Crippen LogP) is 3.79. The maximum absolute atomic E-state index is 12.7. The molecular weight excluding hydrogens is 418 g/mol. The van der Waals surface area contributed by atoms with Crippen LogP contribution in [0.25, 0.3) is 0 Å². The smallest absolute Gasteiger partial charge is 0.340 e. The van der Waals surface area contributed by atoms with E-state index in [2.05, 4.69) is 21.2 Å². The van der Waals surface area contributed by atoms with E-state index in [1.165, 1.54) is 40.4 Å². The van der Waals surface area contributed by atoms with Crippen LogP contribution in [0.1, 0.15) is 22.8 Å². The number of hydrogen-bond donors (Lipinski definition) is 1. The number of carbonyl (C=O) groups excluding carboxylic acids is 2. The van der Waals surface area contributed by atoms with Crippen LogP contribution >= 0.6 is 15.9 Å². The molecule has 0 saturated carbocycles. The molecule has 1 amide bonds. The van der Waals surface area contributed by atoms with Gasteiger partial charge in [-0.1, -0.05) is 15.9 Å². The molecule has 0 fully saturated rings. The highest BCUT2D eigenvalue weighted by Crippen LogP contribution is 2.34. The summed E-state index contributed by atoms with van der Waals surface area (Å²) in [5.41, 5.74) is 1.12. The van der Waals surface area contributed by atoms with Crippen LogP contribution < -0.4 is 19.5 Å². The minimum atomic E-state index is -0.623. The van der Waals surface area contributed by atoms with Gasteiger partial charge in [-0.15, -0.1) is 0 Å². The van der Waals surface area contributed by atoms with E-state index < -0.39 is 5.97 Å². The van der Waals surface area contributed by atoms with Crippen molar-refractivity contribution in [1.29, 1.82) is 0 Å². The first-order chi connectivity index (χ1) is 12.9. The summed E-state index contributed by atoms with van der Waals surface area (Å²) in [5.74, 6) is 0.372. The first-order valence-electron chi connectivity index (χ1n) is 7.92. The lowest BCUT2D eigenvalue weighted by Gasteiger charge is -2.15. The molecule has 0 aromatic heterocycles. The van der Waals surface area contributed by atoms with Crippen LogP contribution in [-0.2, 0) is 16.1 Å². The Labute approximate surface area is 165 Å². The Morgan fingerprint density at radius 1 is 0.963 bits per heavy atom. The first-order valence-corrected chi connectivity index (χ1v) is 8.72. The maximum Gasteiger partial charge on any atom is 0.340 e. The van der Waals surface area contributed by atoms with Crippen molar-refractivity contribution >= 4 is 33.5 Å². The zero-order valence-electron chi connectivity index (χ0n) is 15.4. The molecule has 8 heteroatoms. The summed E-state index contributed by atoms with van der Waals surface area (Å²) in [6, 6.07) is 8.37. The van der Waals surface area contributed by atoms with Gasteiger partial charge >= 0.3 is 5.97 Å². The van der Waals surface area contributed by atoms with Gasteiger partial charge in [0.25, 0.3) is 0 Å². The Morgan fingerprint density at radius 3 is 2.19 bits per heavy atom. The number of methoxy groups -OCH3 is 3. The van der Waals surface area contributed by atoms with Gasteiger partial charge < -0.3 is 24.3 Å².